The fourth-order valence-electron chi connectivity index (χ4n) is 1.69. The summed E-state index contributed by atoms with van der Waals surface area (Å²) in [4.78, 5) is 15.4. The number of benzene rings is 1. The molecular weight excluding hydrogens is 273 g/mol. The molecule has 0 bridgehead atoms. The third kappa shape index (κ3) is 2.46. The fourth-order valence-corrected chi connectivity index (χ4v) is 1.84. The summed E-state index contributed by atoms with van der Waals surface area (Å²) in [5.74, 6) is -0.989. The maximum Gasteiger partial charge on any atom is 0.356 e. The standard InChI is InChI=1S/C13H11ClFNO3/c1-3-19-10-6-9(13(17)18-2)16-12-7(10)4-5-8(14)11(12)15/h4-6H,3H2,1-2H3. The molecule has 0 aliphatic heterocycles. The van der Waals surface area contributed by atoms with Crippen LogP contribution in [0.25, 0.3) is 10.9 Å². The Hall–Kier alpha value is -1.88. The summed E-state index contributed by atoms with van der Waals surface area (Å²) in [7, 11) is 1.23. The first-order chi connectivity index (χ1) is 9.08. The number of pyridine rings is 1. The van der Waals surface area contributed by atoms with Crippen LogP contribution in [0.3, 0.4) is 0 Å². The van der Waals surface area contributed by atoms with Crippen molar-refractivity contribution >= 4 is 28.5 Å². The van der Waals surface area contributed by atoms with Crippen LogP contribution in [0.5, 0.6) is 5.75 Å². The summed E-state index contributed by atoms with van der Waals surface area (Å²) in [5.41, 5.74) is -0.0431. The highest BCUT2D eigenvalue weighted by molar-refractivity contribution is 6.31. The number of nitrogens with zero attached hydrogens (tertiary/aromatic N) is 1. The summed E-state index contributed by atoms with van der Waals surface area (Å²) in [6.45, 7) is 2.17. The highest BCUT2D eigenvalue weighted by Crippen LogP contribution is 2.30. The Morgan fingerprint density at radius 2 is 2.21 bits per heavy atom. The van der Waals surface area contributed by atoms with Gasteiger partial charge in [0.05, 0.1) is 18.7 Å². The normalized spacial score (nSPS) is 10.5. The van der Waals surface area contributed by atoms with Crippen LogP contribution in [0.2, 0.25) is 5.02 Å². The Morgan fingerprint density at radius 3 is 2.84 bits per heavy atom. The molecule has 2 rings (SSSR count). The third-order valence-electron chi connectivity index (χ3n) is 2.53. The predicted octanol–water partition coefficient (Wildman–Crippen LogP) is 3.21. The molecule has 0 radical (unpaired) electrons. The molecule has 1 aromatic carbocycles. The number of carbonyl (C=O) groups is 1. The number of aromatic nitrogens is 1. The van der Waals surface area contributed by atoms with Gasteiger partial charge in [-0.1, -0.05) is 11.6 Å². The van der Waals surface area contributed by atoms with Crippen molar-refractivity contribution in [2.24, 2.45) is 0 Å². The van der Waals surface area contributed by atoms with Crippen LogP contribution < -0.4 is 4.74 Å². The molecule has 6 heteroatoms. The monoisotopic (exact) mass is 283 g/mol. The maximum absolute atomic E-state index is 14.0. The molecule has 0 spiro atoms. The molecule has 1 aromatic heterocycles. The van der Waals surface area contributed by atoms with Crippen molar-refractivity contribution in [3.8, 4) is 5.75 Å². The first-order valence-corrected chi connectivity index (χ1v) is 5.96. The van der Waals surface area contributed by atoms with Crippen molar-refractivity contribution in [3.63, 3.8) is 0 Å². The lowest BCUT2D eigenvalue weighted by molar-refractivity contribution is 0.0594. The zero-order chi connectivity index (χ0) is 14.0. The number of rotatable bonds is 3. The van der Waals surface area contributed by atoms with E-state index in [0.717, 1.165) is 0 Å². The minimum atomic E-state index is -0.689. The van der Waals surface area contributed by atoms with Crippen LogP contribution in [0.4, 0.5) is 4.39 Å². The molecular formula is C13H11ClFNO3. The van der Waals surface area contributed by atoms with Gasteiger partial charge in [-0.3, -0.25) is 0 Å². The molecule has 0 aliphatic rings. The minimum Gasteiger partial charge on any atom is -0.493 e. The van der Waals surface area contributed by atoms with Crippen LogP contribution in [-0.4, -0.2) is 24.7 Å². The van der Waals surface area contributed by atoms with E-state index in [0.29, 0.717) is 17.7 Å². The van der Waals surface area contributed by atoms with E-state index < -0.39 is 11.8 Å². The second-order valence-electron chi connectivity index (χ2n) is 3.69. The minimum absolute atomic E-state index is 0.0150. The zero-order valence-corrected chi connectivity index (χ0v) is 11.1. The molecule has 0 fully saturated rings. The molecule has 2 aromatic rings. The first kappa shape index (κ1) is 13.5. The number of methoxy groups -OCH3 is 1. The quantitative estimate of drug-likeness (QED) is 0.812. The van der Waals surface area contributed by atoms with E-state index in [4.69, 9.17) is 16.3 Å². The SMILES string of the molecule is CCOc1cc(C(=O)OC)nc2c(F)c(Cl)ccc12. The fraction of sp³-hybridized carbons (Fsp3) is 0.231. The van der Waals surface area contributed by atoms with E-state index in [1.54, 1.807) is 13.0 Å². The van der Waals surface area contributed by atoms with Gasteiger partial charge in [0.25, 0.3) is 0 Å². The first-order valence-electron chi connectivity index (χ1n) is 5.58. The average molecular weight is 284 g/mol. The largest absolute Gasteiger partial charge is 0.493 e. The number of halogens is 2. The van der Waals surface area contributed by atoms with E-state index in [1.807, 2.05) is 0 Å². The van der Waals surface area contributed by atoms with Gasteiger partial charge in [0.15, 0.2) is 11.5 Å². The van der Waals surface area contributed by atoms with E-state index in [-0.39, 0.29) is 16.2 Å². The van der Waals surface area contributed by atoms with Gasteiger partial charge in [-0.25, -0.2) is 14.2 Å². The molecule has 0 saturated carbocycles. The van der Waals surface area contributed by atoms with Gasteiger partial charge in [0.1, 0.15) is 11.3 Å². The summed E-state index contributed by atoms with van der Waals surface area (Å²) in [6.07, 6.45) is 0. The number of hydrogen-bond donors (Lipinski definition) is 0. The number of fused-ring (bicyclic) bond motifs is 1. The Labute approximate surface area is 114 Å². The third-order valence-corrected chi connectivity index (χ3v) is 2.82. The summed E-state index contributed by atoms with van der Waals surface area (Å²) < 4.78 is 23.9. The van der Waals surface area contributed by atoms with Gasteiger partial charge in [0.2, 0.25) is 0 Å². The Kier molecular flexibility index (Phi) is 3.85. The molecule has 0 saturated heterocycles. The van der Waals surface area contributed by atoms with Crippen LogP contribution in [0.1, 0.15) is 17.4 Å². The lowest BCUT2D eigenvalue weighted by Crippen LogP contribution is -2.06. The van der Waals surface area contributed by atoms with E-state index in [9.17, 15) is 9.18 Å². The second kappa shape index (κ2) is 5.40. The Morgan fingerprint density at radius 1 is 1.47 bits per heavy atom. The van der Waals surface area contributed by atoms with Crippen molar-refractivity contribution in [1.82, 2.24) is 4.98 Å². The lowest BCUT2D eigenvalue weighted by Gasteiger charge is -2.10. The lowest BCUT2D eigenvalue weighted by atomic mass is 10.1. The average Bonchev–Trinajstić information content (AvgIpc) is 2.42. The van der Waals surface area contributed by atoms with Gasteiger partial charge in [-0.15, -0.1) is 0 Å². The summed E-state index contributed by atoms with van der Waals surface area (Å²) in [5, 5.41) is 0.390. The second-order valence-corrected chi connectivity index (χ2v) is 4.09. The predicted molar refractivity (Wildman–Crippen MR) is 69.2 cm³/mol. The molecule has 100 valence electrons. The molecule has 4 nitrogen and oxygen atoms in total. The van der Waals surface area contributed by atoms with Gasteiger partial charge in [-0.05, 0) is 19.1 Å². The number of hydrogen-bond acceptors (Lipinski definition) is 4. The molecule has 0 unspecified atom stereocenters. The number of carbonyl (C=O) groups excluding carboxylic acids is 1. The Balaban J connectivity index is 2.76. The van der Waals surface area contributed by atoms with Crippen molar-refractivity contribution in [2.75, 3.05) is 13.7 Å². The highest BCUT2D eigenvalue weighted by Gasteiger charge is 2.17. The smallest absolute Gasteiger partial charge is 0.356 e. The van der Waals surface area contributed by atoms with Crippen LogP contribution >= 0.6 is 11.6 Å². The molecule has 0 N–H and O–H groups in total. The van der Waals surface area contributed by atoms with Crippen molar-refractivity contribution in [3.05, 3.63) is 34.7 Å². The summed E-state index contributed by atoms with van der Waals surface area (Å²) in [6, 6.07) is 4.44. The maximum atomic E-state index is 14.0. The van der Waals surface area contributed by atoms with Crippen molar-refractivity contribution < 1.29 is 18.7 Å². The van der Waals surface area contributed by atoms with Crippen LogP contribution in [-0.2, 0) is 4.74 Å². The van der Waals surface area contributed by atoms with E-state index in [1.165, 1.54) is 19.2 Å². The zero-order valence-electron chi connectivity index (χ0n) is 10.4. The van der Waals surface area contributed by atoms with Gasteiger partial charge >= 0.3 is 5.97 Å². The van der Waals surface area contributed by atoms with Crippen LogP contribution in [0.15, 0.2) is 18.2 Å². The molecule has 0 atom stereocenters. The van der Waals surface area contributed by atoms with E-state index >= 15 is 0 Å². The topological polar surface area (TPSA) is 48.4 Å². The molecule has 1 heterocycles. The highest BCUT2D eigenvalue weighted by atomic mass is 35.5. The molecule has 0 aliphatic carbocycles. The molecule has 19 heavy (non-hydrogen) atoms. The van der Waals surface area contributed by atoms with Crippen LogP contribution in [0, 0.1) is 5.82 Å². The van der Waals surface area contributed by atoms with Gasteiger partial charge in [-0.2, -0.15) is 0 Å². The van der Waals surface area contributed by atoms with Gasteiger partial charge < -0.3 is 9.47 Å². The molecule has 0 amide bonds. The Bertz CT molecular complexity index is 645. The van der Waals surface area contributed by atoms with Gasteiger partial charge in [0, 0.05) is 11.5 Å². The summed E-state index contributed by atoms with van der Waals surface area (Å²) >= 11 is 5.71. The van der Waals surface area contributed by atoms with Crippen molar-refractivity contribution in [1.29, 1.82) is 0 Å². The number of esters is 1. The number of ether oxygens (including phenoxy) is 2. The van der Waals surface area contributed by atoms with Crippen molar-refractivity contribution in [2.45, 2.75) is 6.92 Å². The van der Waals surface area contributed by atoms with E-state index in [2.05, 4.69) is 9.72 Å².